The number of ether oxygens (including phenoxy) is 1. The van der Waals surface area contributed by atoms with Gasteiger partial charge in [-0.05, 0) is 62.1 Å². The van der Waals surface area contributed by atoms with Gasteiger partial charge in [-0.15, -0.1) is 0 Å². The molecule has 134 valence electrons. The van der Waals surface area contributed by atoms with Gasteiger partial charge in [-0.25, -0.2) is 0 Å². The van der Waals surface area contributed by atoms with Crippen LogP contribution in [0.2, 0.25) is 0 Å². The van der Waals surface area contributed by atoms with Crippen molar-refractivity contribution < 1.29 is 14.9 Å². The van der Waals surface area contributed by atoms with E-state index in [1.807, 2.05) is 31.2 Å². The summed E-state index contributed by atoms with van der Waals surface area (Å²) in [6, 6.07) is 7.80. The summed E-state index contributed by atoms with van der Waals surface area (Å²) < 4.78 is 5.34. The number of piperidine rings is 3. The standard InChI is InChI=1S/C20H26N2O3/c1-12(23)17-11-22-8-6-13(17)9-19(22)20(24)15-5-7-21-18-4-3-14(25-2)10-16(15)18/h3-5,7,10,12-13,17,19-20,23-24H,6,8-9,11H2,1-2H3/t12-,13?,17+,19+,20-/m0/s1. The van der Waals surface area contributed by atoms with Gasteiger partial charge in [0, 0.05) is 30.1 Å². The van der Waals surface area contributed by atoms with Crippen molar-refractivity contribution in [2.45, 2.75) is 38.0 Å². The quantitative estimate of drug-likeness (QED) is 0.893. The van der Waals surface area contributed by atoms with Crippen molar-refractivity contribution >= 4 is 10.9 Å². The van der Waals surface area contributed by atoms with Gasteiger partial charge in [-0.2, -0.15) is 0 Å². The molecule has 2 bridgehead atoms. The fourth-order valence-electron chi connectivity index (χ4n) is 4.72. The van der Waals surface area contributed by atoms with Crippen LogP contribution >= 0.6 is 0 Å². The zero-order chi connectivity index (χ0) is 17.6. The molecular weight excluding hydrogens is 316 g/mol. The molecule has 3 aliphatic heterocycles. The van der Waals surface area contributed by atoms with Crippen LogP contribution in [-0.4, -0.2) is 52.4 Å². The van der Waals surface area contributed by atoms with Gasteiger partial charge in [-0.1, -0.05) is 0 Å². The Labute approximate surface area is 148 Å². The minimum atomic E-state index is -0.560. The molecule has 2 N–H and O–H groups in total. The molecule has 0 spiro atoms. The van der Waals surface area contributed by atoms with Crippen LogP contribution in [0.25, 0.3) is 10.9 Å². The molecule has 0 amide bonds. The lowest BCUT2D eigenvalue weighted by atomic mass is 9.72. The summed E-state index contributed by atoms with van der Waals surface area (Å²) in [4.78, 5) is 6.77. The SMILES string of the molecule is COc1ccc2nccc([C@H](O)[C@H]3CC4CCN3C[C@@H]4[C@H](C)O)c2c1. The molecule has 5 rings (SSSR count). The summed E-state index contributed by atoms with van der Waals surface area (Å²) in [5.74, 6) is 1.59. The maximum atomic E-state index is 11.2. The summed E-state index contributed by atoms with van der Waals surface area (Å²) in [6.45, 7) is 3.76. The number of methoxy groups -OCH3 is 1. The average Bonchev–Trinajstić information content (AvgIpc) is 2.66. The molecule has 1 aromatic heterocycles. The second-order valence-corrected chi connectivity index (χ2v) is 7.48. The summed E-state index contributed by atoms with van der Waals surface area (Å²) in [5.41, 5.74) is 1.78. The fourth-order valence-corrected chi connectivity index (χ4v) is 4.72. The Bertz CT molecular complexity index is 764. The lowest BCUT2D eigenvalue weighted by molar-refractivity contribution is -0.0844. The minimum Gasteiger partial charge on any atom is -0.497 e. The molecule has 2 unspecified atom stereocenters. The zero-order valence-electron chi connectivity index (χ0n) is 14.8. The molecule has 2 aromatic rings. The first kappa shape index (κ1) is 16.8. The van der Waals surface area contributed by atoms with Crippen LogP contribution in [0, 0.1) is 11.8 Å². The van der Waals surface area contributed by atoms with Crippen molar-refractivity contribution in [1.29, 1.82) is 0 Å². The summed E-state index contributed by atoms with van der Waals surface area (Å²) in [7, 11) is 1.65. The number of hydrogen-bond acceptors (Lipinski definition) is 5. The van der Waals surface area contributed by atoms with Crippen molar-refractivity contribution in [3.63, 3.8) is 0 Å². The second kappa shape index (κ2) is 6.56. The third kappa shape index (κ3) is 2.90. The van der Waals surface area contributed by atoms with Crippen molar-refractivity contribution in [1.82, 2.24) is 9.88 Å². The van der Waals surface area contributed by atoms with Crippen LogP contribution in [0.4, 0.5) is 0 Å². The van der Waals surface area contributed by atoms with Crippen LogP contribution in [0.3, 0.4) is 0 Å². The largest absolute Gasteiger partial charge is 0.497 e. The predicted octanol–water partition coefficient (Wildman–Crippen LogP) is 2.37. The first-order valence-corrected chi connectivity index (χ1v) is 9.11. The van der Waals surface area contributed by atoms with E-state index in [9.17, 15) is 10.2 Å². The molecule has 3 aliphatic rings. The topological polar surface area (TPSA) is 65.8 Å². The van der Waals surface area contributed by atoms with Crippen molar-refractivity contribution in [2.24, 2.45) is 11.8 Å². The third-order valence-electron chi connectivity index (χ3n) is 6.14. The number of hydrogen-bond donors (Lipinski definition) is 2. The highest BCUT2D eigenvalue weighted by Gasteiger charge is 2.44. The molecule has 25 heavy (non-hydrogen) atoms. The second-order valence-electron chi connectivity index (χ2n) is 7.48. The van der Waals surface area contributed by atoms with Crippen LogP contribution in [0.5, 0.6) is 5.75 Å². The van der Waals surface area contributed by atoms with E-state index in [-0.39, 0.29) is 12.1 Å². The molecule has 0 radical (unpaired) electrons. The van der Waals surface area contributed by atoms with Crippen molar-refractivity contribution in [3.05, 3.63) is 36.0 Å². The van der Waals surface area contributed by atoms with E-state index >= 15 is 0 Å². The van der Waals surface area contributed by atoms with Crippen LogP contribution in [0.15, 0.2) is 30.5 Å². The normalized spacial score (nSPS) is 31.0. The van der Waals surface area contributed by atoms with Gasteiger partial charge < -0.3 is 14.9 Å². The summed E-state index contributed by atoms with van der Waals surface area (Å²) in [6.07, 6.45) is 2.98. The van der Waals surface area contributed by atoms with Gasteiger partial charge in [0.2, 0.25) is 0 Å². The molecule has 5 heteroatoms. The van der Waals surface area contributed by atoms with E-state index in [0.29, 0.717) is 11.8 Å². The Balaban J connectivity index is 1.66. The fraction of sp³-hybridized carbons (Fsp3) is 0.550. The Morgan fingerprint density at radius 1 is 1.28 bits per heavy atom. The number of fused-ring (bicyclic) bond motifs is 4. The number of aliphatic hydroxyl groups excluding tert-OH is 2. The molecule has 5 nitrogen and oxygen atoms in total. The van der Waals surface area contributed by atoms with Crippen LogP contribution in [0.1, 0.15) is 31.4 Å². The molecule has 1 aromatic carbocycles. The van der Waals surface area contributed by atoms with E-state index in [1.54, 1.807) is 13.3 Å². The Kier molecular flexibility index (Phi) is 4.40. The number of pyridine rings is 1. The minimum absolute atomic E-state index is 0.102. The summed E-state index contributed by atoms with van der Waals surface area (Å²) in [5, 5.41) is 22.2. The van der Waals surface area contributed by atoms with Gasteiger partial charge in [0.05, 0.1) is 24.8 Å². The average molecular weight is 342 g/mol. The Morgan fingerprint density at radius 2 is 2.12 bits per heavy atom. The number of nitrogens with zero attached hydrogens (tertiary/aromatic N) is 2. The number of rotatable bonds is 4. The van der Waals surface area contributed by atoms with Crippen molar-refractivity contribution in [2.75, 3.05) is 20.2 Å². The maximum absolute atomic E-state index is 11.2. The van der Waals surface area contributed by atoms with E-state index in [0.717, 1.165) is 48.1 Å². The smallest absolute Gasteiger partial charge is 0.119 e. The van der Waals surface area contributed by atoms with Gasteiger partial charge in [0.25, 0.3) is 0 Å². The van der Waals surface area contributed by atoms with E-state index in [4.69, 9.17) is 4.74 Å². The maximum Gasteiger partial charge on any atom is 0.119 e. The molecule has 3 fully saturated rings. The third-order valence-corrected chi connectivity index (χ3v) is 6.14. The van der Waals surface area contributed by atoms with Crippen LogP contribution < -0.4 is 4.74 Å². The monoisotopic (exact) mass is 342 g/mol. The van der Waals surface area contributed by atoms with Gasteiger partial charge in [0.1, 0.15) is 5.75 Å². The molecule has 6 atom stereocenters. The predicted molar refractivity (Wildman–Crippen MR) is 96.5 cm³/mol. The molecular formula is C20H26N2O3. The Morgan fingerprint density at radius 3 is 2.80 bits per heavy atom. The van der Waals surface area contributed by atoms with E-state index in [2.05, 4.69) is 9.88 Å². The summed E-state index contributed by atoms with van der Waals surface area (Å²) >= 11 is 0. The van der Waals surface area contributed by atoms with Gasteiger partial charge in [-0.3, -0.25) is 9.88 Å². The molecule has 0 saturated carbocycles. The molecule has 4 heterocycles. The van der Waals surface area contributed by atoms with E-state index in [1.165, 1.54) is 0 Å². The first-order chi connectivity index (χ1) is 12.1. The molecule has 3 saturated heterocycles. The number of aromatic nitrogens is 1. The number of benzene rings is 1. The lowest BCUT2D eigenvalue weighted by Crippen LogP contribution is -2.57. The first-order valence-electron chi connectivity index (χ1n) is 9.11. The van der Waals surface area contributed by atoms with E-state index < -0.39 is 6.10 Å². The van der Waals surface area contributed by atoms with Gasteiger partial charge in [0.15, 0.2) is 0 Å². The van der Waals surface area contributed by atoms with Crippen molar-refractivity contribution in [3.8, 4) is 5.75 Å². The highest BCUT2D eigenvalue weighted by molar-refractivity contribution is 5.83. The Hall–Kier alpha value is -1.69. The molecule has 0 aliphatic carbocycles. The zero-order valence-corrected chi connectivity index (χ0v) is 14.8. The lowest BCUT2D eigenvalue weighted by Gasteiger charge is -2.52. The highest BCUT2D eigenvalue weighted by Crippen LogP contribution is 2.42. The highest BCUT2D eigenvalue weighted by atomic mass is 16.5. The number of aliphatic hydroxyl groups is 2. The van der Waals surface area contributed by atoms with Crippen LogP contribution in [-0.2, 0) is 0 Å². The van der Waals surface area contributed by atoms with Gasteiger partial charge >= 0.3 is 0 Å².